The second-order valence-electron chi connectivity index (χ2n) is 4.35. The molecule has 0 atom stereocenters. The van der Waals surface area contributed by atoms with Gasteiger partial charge < -0.3 is 6.15 Å². The number of esters is 1. The van der Waals surface area contributed by atoms with Crippen molar-refractivity contribution in [2.24, 2.45) is 0 Å². The molecule has 0 aromatic heterocycles. The van der Waals surface area contributed by atoms with Crippen molar-refractivity contribution in [3.8, 4) is 0 Å². The number of carbonyl (C=O) groups excluding carboxylic acids is 2. The molecule has 0 heterocycles. The van der Waals surface area contributed by atoms with Gasteiger partial charge in [-0.1, -0.05) is 0 Å². The molecule has 0 unspecified atom stereocenters. The number of quaternary nitrogens is 1. The van der Waals surface area contributed by atoms with Gasteiger partial charge in [-0.15, -0.1) is 0 Å². The van der Waals surface area contributed by atoms with Crippen LogP contribution in [-0.2, 0) is 23.9 Å². The van der Waals surface area contributed by atoms with Gasteiger partial charge in [0.1, 0.15) is 0 Å². The van der Waals surface area contributed by atoms with E-state index in [1.54, 1.807) is 0 Å². The van der Waals surface area contributed by atoms with Crippen LogP contribution in [-0.4, -0.2) is 99.3 Å². The first kappa shape index (κ1) is 22.1. The number of nitrogens with zero attached hydrogens (tertiary/aromatic N) is 1. The first-order valence-corrected chi connectivity index (χ1v) is 7.26. The first-order chi connectivity index (χ1) is 9.20. The second kappa shape index (κ2) is 10.5. The predicted molar refractivity (Wildman–Crippen MR) is 66.5 cm³/mol. The molecule has 0 aromatic rings. The molecule has 0 aliphatic carbocycles. The number of rotatable bonds is 10. The van der Waals surface area contributed by atoms with E-state index in [2.05, 4.69) is 0 Å². The average Bonchev–Trinajstić information content (AvgIpc) is 2.22. The van der Waals surface area contributed by atoms with Crippen molar-refractivity contribution < 1.29 is 43.7 Å². The normalized spacial score (nSPS) is 10.4. The number of carboxylic acids is 3. The van der Waals surface area contributed by atoms with Crippen molar-refractivity contribution in [2.45, 2.75) is 3.67 Å². The van der Waals surface area contributed by atoms with Gasteiger partial charge in [0.2, 0.25) is 0 Å². The van der Waals surface area contributed by atoms with Gasteiger partial charge >= 0.3 is 132 Å². The third-order valence-corrected chi connectivity index (χ3v) is 2.75. The van der Waals surface area contributed by atoms with Crippen LogP contribution in [0, 0.1) is 0 Å². The van der Waals surface area contributed by atoms with E-state index < -0.39 is 54.5 Å². The summed E-state index contributed by atoms with van der Waals surface area (Å²) in [7, 11) is 0. The summed E-state index contributed by atoms with van der Waals surface area (Å²) in [6.45, 7) is -3.04. The summed E-state index contributed by atoms with van der Waals surface area (Å²) in [5.74, 6) is -5.29. The molecule has 21 heavy (non-hydrogen) atoms. The van der Waals surface area contributed by atoms with Crippen molar-refractivity contribution >= 4 is 51.8 Å². The molecule has 0 aliphatic rings. The number of hydrogen-bond acceptors (Lipinski definition) is 7. The topological polar surface area (TPSA) is 176 Å². The minimum absolute atomic E-state index is 0. The molecule has 116 valence electrons. The Kier molecular flexibility index (Phi) is 11.1. The molecule has 0 aliphatic heterocycles. The van der Waals surface area contributed by atoms with Gasteiger partial charge in [0, 0.05) is 0 Å². The Morgan fingerprint density at radius 2 is 1.48 bits per heavy atom. The number of carboxylic acid groups (broad SMARTS) is 3. The zero-order chi connectivity index (χ0) is 15.8. The molecule has 0 spiro atoms. The monoisotopic (exact) mass is 316 g/mol. The summed E-state index contributed by atoms with van der Waals surface area (Å²) in [6, 6.07) is 0. The van der Waals surface area contributed by atoms with Crippen LogP contribution in [0.4, 0.5) is 0 Å². The Morgan fingerprint density at radius 1 is 1.00 bits per heavy atom. The van der Waals surface area contributed by atoms with Crippen LogP contribution in [0.5, 0.6) is 0 Å². The van der Waals surface area contributed by atoms with Crippen LogP contribution in [0.3, 0.4) is 0 Å². The van der Waals surface area contributed by atoms with Crippen LogP contribution >= 0.6 is 0 Å². The van der Waals surface area contributed by atoms with E-state index >= 15 is 0 Å². The number of aliphatic carboxylic acids is 3. The van der Waals surface area contributed by atoms with E-state index in [0.717, 1.165) is 27.9 Å². The fourth-order valence-electron chi connectivity index (χ4n) is 1.72. The Labute approximate surface area is 138 Å². The van der Waals surface area contributed by atoms with Gasteiger partial charge in [-0.05, 0) is 0 Å². The molecule has 5 N–H and O–H groups in total. The Balaban J connectivity index is 0. The summed E-state index contributed by atoms with van der Waals surface area (Å²) in [6.07, 6.45) is 0. The molecule has 0 amide bonds. The van der Waals surface area contributed by atoms with Gasteiger partial charge in [-0.25, -0.2) is 0 Å². The summed E-state index contributed by atoms with van der Waals surface area (Å²) in [4.78, 5) is 43.9. The predicted octanol–water partition coefficient (Wildman–Crippen LogP) is -2.99. The van der Waals surface area contributed by atoms with Crippen molar-refractivity contribution in [2.75, 3.05) is 32.8 Å². The Morgan fingerprint density at radius 3 is 1.81 bits per heavy atom. The van der Waals surface area contributed by atoms with Crippen LogP contribution in [0.1, 0.15) is 0 Å². The van der Waals surface area contributed by atoms with Gasteiger partial charge in [0.15, 0.2) is 0 Å². The maximum atomic E-state index is 11.5. The van der Waals surface area contributed by atoms with Crippen molar-refractivity contribution in [3.05, 3.63) is 0 Å². The maximum absolute atomic E-state index is 11.5. The molecular formula is C10H17N2NaO8. The molecule has 0 rings (SSSR count). The van der Waals surface area contributed by atoms with Crippen molar-refractivity contribution in [1.29, 1.82) is 0 Å². The molecule has 11 heteroatoms. The summed E-state index contributed by atoms with van der Waals surface area (Å²) >= 11 is 0.806. The standard InChI is InChI=1S/C10H14NO8.H3N.Na/c1-2-19-10(18)6-11(3-7(12)13,4-8(14)15)5-9(16)17;;/h1-6H2,(H2-,12,13,14,15,16,17);1H3;. The zero-order valence-corrected chi connectivity index (χ0v) is 13.7. The molecule has 0 radical (unpaired) electrons. The first-order valence-electron chi connectivity index (χ1n) is 5.85. The summed E-state index contributed by atoms with van der Waals surface area (Å²) in [5.41, 5.74) is 0. The van der Waals surface area contributed by atoms with Gasteiger partial charge in [0.05, 0.1) is 0 Å². The molecule has 0 saturated heterocycles. The van der Waals surface area contributed by atoms with Gasteiger partial charge in [-0.2, -0.15) is 0 Å². The van der Waals surface area contributed by atoms with E-state index in [0.29, 0.717) is 3.67 Å². The van der Waals surface area contributed by atoms with E-state index in [1.165, 1.54) is 0 Å². The van der Waals surface area contributed by atoms with E-state index in [-0.39, 0.29) is 12.8 Å². The molecular weight excluding hydrogens is 299 g/mol. The number of ether oxygens (including phenoxy) is 1. The second-order valence-corrected chi connectivity index (χ2v) is 5.35. The molecule has 0 bridgehead atoms. The molecule has 0 saturated carbocycles. The fraction of sp³-hybridized carbons (Fsp3) is 0.600. The van der Waals surface area contributed by atoms with Crippen LogP contribution < -0.4 is 11.3 Å². The molecule has 10 nitrogen and oxygen atoms in total. The Bertz CT molecular complexity index is 360. The van der Waals surface area contributed by atoms with E-state index in [4.69, 9.17) is 14.9 Å². The zero-order valence-electron chi connectivity index (χ0n) is 11.7. The average molecular weight is 316 g/mol. The third-order valence-electron chi connectivity index (χ3n) is 2.34. The van der Waals surface area contributed by atoms with Crippen LogP contribution in [0.25, 0.3) is 0 Å². The van der Waals surface area contributed by atoms with Crippen molar-refractivity contribution in [3.63, 3.8) is 0 Å². The summed E-state index contributed by atoms with van der Waals surface area (Å²) in [5, 5.41) is 28.3. The van der Waals surface area contributed by atoms with E-state index in [9.17, 15) is 24.3 Å². The minimum atomic E-state index is -1.64. The van der Waals surface area contributed by atoms with E-state index in [1.807, 2.05) is 0 Å². The summed E-state index contributed by atoms with van der Waals surface area (Å²) < 4.78 is 4.46. The van der Waals surface area contributed by atoms with Gasteiger partial charge in [0.25, 0.3) is 0 Å². The van der Waals surface area contributed by atoms with Crippen LogP contribution in [0.2, 0.25) is 3.67 Å². The fourth-order valence-corrected chi connectivity index (χ4v) is 1.92. The quantitative estimate of drug-likeness (QED) is 0.215. The van der Waals surface area contributed by atoms with Crippen LogP contribution in [0.15, 0.2) is 0 Å². The Hall–Kier alpha value is -1.20. The van der Waals surface area contributed by atoms with Gasteiger partial charge in [-0.3, -0.25) is 0 Å². The third kappa shape index (κ3) is 10.2. The molecule has 0 aromatic carbocycles. The van der Waals surface area contributed by atoms with Crippen molar-refractivity contribution in [1.82, 2.24) is 6.15 Å². The SMILES string of the molecule is N.O=C([O-])C[N+](CC(=O)O)(CC(=O)O)CC(=O)OC[CH2][Na]. The number of carbonyl (C=O) groups is 4. The molecule has 0 fully saturated rings. The number of hydrogen-bond donors (Lipinski definition) is 3.